The minimum absolute atomic E-state index is 0.158. The maximum atomic E-state index is 4.86. The third-order valence-corrected chi connectivity index (χ3v) is 5.41. The number of nitrogens with one attached hydrogen (secondary N) is 1. The molecule has 1 N–H and O–H groups in total. The lowest BCUT2D eigenvalue weighted by molar-refractivity contribution is 0.425. The first-order valence-corrected chi connectivity index (χ1v) is 9.47. The minimum atomic E-state index is 0.158. The summed E-state index contributed by atoms with van der Waals surface area (Å²) >= 11 is 3.89. The molecule has 0 aromatic carbocycles. The molecule has 0 spiro atoms. The molecule has 0 saturated carbocycles. The van der Waals surface area contributed by atoms with Gasteiger partial charge in [0.1, 0.15) is 5.01 Å². The fourth-order valence-electron chi connectivity index (χ4n) is 1.78. The molecular formula is C16H30N2S2. The molecule has 0 aliphatic rings. The molecule has 0 amide bonds. The number of rotatable bonds is 7. The third kappa shape index (κ3) is 6.59. The Kier molecular flexibility index (Phi) is 7.02. The van der Waals surface area contributed by atoms with E-state index in [1.165, 1.54) is 21.3 Å². The van der Waals surface area contributed by atoms with E-state index in [0.29, 0.717) is 5.92 Å². The second-order valence-corrected chi connectivity index (χ2v) is 9.28. The van der Waals surface area contributed by atoms with E-state index >= 15 is 0 Å². The highest BCUT2D eigenvalue weighted by molar-refractivity contribution is 7.98. The van der Waals surface area contributed by atoms with Crippen LogP contribution in [0.15, 0.2) is 0 Å². The van der Waals surface area contributed by atoms with E-state index in [4.69, 9.17) is 4.98 Å². The molecule has 0 aliphatic carbocycles. The maximum Gasteiger partial charge on any atom is 0.103 e. The van der Waals surface area contributed by atoms with Crippen LogP contribution in [-0.2, 0) is 12.3 Å². The van der Waals surface area contributed by atoms with Crippen LogP contribution >= 0.6 is 23.1 Å². The van der Waals surface area contributed by atoms with Crippen molar-refractivity contribution in [3.05, 3.63) is 15.6 Å². The van der Waals surface area contributed by atoms with Gasteiger partial charge < -0.3 is 5.32 Å². The second-order valence-electron chi connectivity index (χ2n) is 7.08. The van der Waals surface area contributed by atoms with Crippen molar-refractivity contribution in [1.29, 1.82) is 0 Å². The normalized spacial score (nSPS) is 12.7. The van der Waals surface area contributed by atoms with Crippen LogP contribution in [0.5, 0.6) is 0 Å². The Hall–Kier alpha value is -0.0600. The third-order valence-electron chi connectivity index (χ3n) is 2.77. The van der Waals surface area contributed by atoms with E-state index in [-0.39, 0.29) is 5.54 Å². The van der Waals surface area contributed by atoms with Crippen LogP contribution < -0.4 is 5.32 Å². The summed E-state index contributed by atoms with van der Waals surface area (Å²) in [6, 6.07) is 0. The van der Waals surface area contributed by atoms with Crippen LogP contribution in [0.25, 0.3) is 0 Å². The molecule has 1 rings (SSSR count). The predicted molar refractivity (Wildman–Crippen MR) is 93.8 cm³/mol. The first-order valence-electron chi connectivity index (χ1n) is 7.50. The lowest BCUT2D eigenvalue weighted by Gasteiger charge is -2.20. The SMILES string of the molecule is CC(C)CSCc1nc(C(C)C)c(CNC(C)(C)C)s1. The van der Waals surface area contributed by atoms with Crippen molar-refractivity contribution in [3.8, 4) is 0 Å². The minimum Gasteiger partial charge on any atom is -0.307 e. The van der Waals surface area contributed by atoms with Crippen molar-refractivity contribution in [2.75, 3.05) is 5.75 Å². The summed E-state index contributed by atoms with van der Waals surface area (Å²) in [5, 5.41) is 4.87. The Balaban J connectivity index is 2.69. The Morgan fingerprint density at radius 3 is 2.35 bits per heavy atom. The molecule has 0 radical (unpaired) electrons. The standard InChI is InChI=1S/C16H30N2S2/c1-11(2)9-19-10-14-18-15(12(3)4)13(20-14)8-17-16(5,6)7/h11-12,17H,8-10H2,1-7H3. The van der Waals surface area contributed by atoms with Crippen molar-refractivity contribution in [2.45, 2.75) is 72.2 Å². The van der Waals surface area contributed by atoms with Crippen LogP contribution in [0.4, 0.5) is 0 Å². The maximum absolute atomic E-state index is 4.86. The molecule has 0 fully saturated rings. The summed E-state index contributed by atoms with van der Waals surface area (Å²) < 4.78 is 0. The first-order chi connectivity index (χ1) is 9.19. The Morgan fingerprint density at radius 1 is 1.20 bits per heavy atom. The van der Waals surface area contributed by atoms with Crippen LogP contribution in [0, 0.1) is 5.92 Å². The Morgan fingerprint density at radius 2 is 1.85 bits per heavy atom. The summed E-state index contributed by atoms with van der Waals surface area (Å²) in [4.78, 5) is 6.28. The van der Waals surface area contributed by atoms with Crippen molar-refractivity contribution >= 4 is 23.1 Å². The predicted octanol–water partition coefficient (Wildman–Crippen LogP) is 5.04. The summed E-state index contributed by atoms with van der Waals surface area (Å²) in [5.74, 6) is 3.53. The van der Waals surface area contributed by atoms with Gasteiger partial charge in [0, 0.05) is 22.7 Å². The molecule has 1 heterocycles. The average Bonchev–Trinajstić information content (AvgIpc) is 2.68. The molecule has 116 valence electrons. The van der Waals surface area contributed by atoms with Gasteiger partial charge in [-0.2, -0.15) is 11.8 Å². The first kappa shape index (κ1) is 18.0. The van der Waals surface area contributed by atoms with Gasteiger partial charge in [-0.3, -0.25) is 0 Å². The molecule has 0 unspecified atom stereocenters. The lowest BCUT2D eigenvalue weighted by atomic mass is 10.1. The van der Waals surface area contributed by atoms with Gasteiger partial charge in [0.2, 0.25) is 0 Å². The monoisotopic (exact) mass is 314 g/mol. The fourth-order valence-corrected chi connectivity index (χ4v) is 4.05. The van der Waals surface area contributed by atoms with Crippen molar-refractivity contribution < 1.29 is 0 Å². The molecule has 0 saturated heterocycles. The van der Waals surface area contributed by atoms with Gasteiger partial charge in [-0.15, -0.1) is 11.3 Å². The number of hydrogen-bond acceptors (Lipinski definition) is 4. The fraction of sp³-hybridized carbons (Fsp3) is 0.812. The zero-order valence-corrected chi connectivity index (χ0v) is 15.7. The van der Waals surface area contributed by atoms with E-state index in [1.807, 2.05) is 23.1 Å². The van der Waals surface area contributed by atoms with E-state index in [9.17, 15) is 0 Å². The molecule has 0 aliphatic heterocycles. The van der Waals surface area contributed by atoms with Gasteiger partial charge >= 0.3 is 0 Å². The van der Waals surface area contributed by atoms with Crippen molar-refractivity contribution in [2.24, 2.45) is 5.92 Å². The van der Waals surface area contributed by atoms with Crippen LogP contribution in [0.1, 0.15) is 70.0 Å². The van der Waals surface area contributed by atoms with E-state index in [0.717, 1.165) is 18.2 Å². The quantitative estimate of drug-likeness (QED) is 0.763. The van der Waals surface area contributed by atoms with Gasteiger partial charge in [-0.25, -0.2) is 4.98 Å². The molecule has 2 nitrogen and oxygen atoms in total. The van der Waals surface area contributed by atoms with Crippen molar-refractivity contribution in [1.82, 2.24) is 10.3 Å². The highest BCUT2D eigenvalue weighted by Crippen LogP contribution is 2.28. The lowest BCUT2D eigenvalue weighted by Crippen LogP contribution is -2.35. The topological polar surface area (TPSA) is 24.9 Å². The summed E-state index contributed by atoms with van der Waals surface area (Å²) in [7, 11) is 0. The Labute approximate surface area is 133 Å². The number of thioether (sulfide) groups is 1. The molecule has 0 bridgehead atoms. The second kappa shape index (κ2) is 7.81. The molecule has 1 aromatic rings. The van der Waals surface area contributed by atoms with Crippen LogP contribution in [0.3, 0.4) is 0 Å². The Bertz CT molecular complexity index is 403. The largest absolute Gasteiger partial charge is 0.307 e. The van der Waals surface area contributed by atoms with Gasteiger partial charge in [-0.1, -0.05) is 27.7 Å². The molecule has 4 heteroatoms. The zero-order valence-electron chi connectivity index (χ0n) is 14.0. The highest BCUT2D eigenvalue weighted by atomic mass is 32.2. The van der Waals surface area contributed by atoms with Gasteiger partial charge in [-0.05, 0) is 38.4 Å². The van der Waals surface area contributed by atoms with Crippen LogP contribution in [-0.4, -0.2) is 16.3 Å². The number of hydrogen-bond donors (Lipinski definition) is 1. The van der Waals surface area contributed by atoms with E-state index in [2.05, 4.69) is 53.8 Å². The number of nitrogens with zero attached hydrogens (tertiary/aromatic N) is 1. The van der Waals surface area contributed by atoms with Gasteiger partial charge in [0.25, 0.3) is 0 Å². The highest BCUT2D eigenvalue weighted by Gasteiger charge is 2.16. The van der Waals surface area contributed by atoms with E-state index < -0.39 is 0 Å². The smallest absolute Gasteiger partial charge is 0.103 e. The number of aromatic nitrogens is 1. The van der Waals surface area contributed by atoms with Gasteiger partial charge in [0.05, 0.1) is 5.69 Å². The molecular weight excluding hydrogens is 284 g/mol. The summed E-state index contributed by atoms with van der Waals surface area (Å²) in [6.07, 6.45) is 0. The van der Waals surface area contributed by atoms with E-state index in [1.54, 1.807) is 0 Å². The number of thiazole rings is 1. The van der Waals surface area contributed by atoms with Crippen molar-refractivity contribution in [3.63, 3.8) is 0 Å². The van der Waals surface area contributed by atoms with Crippen LogP contribution in [0.2, 0.25) is 0 Å². The summed E-state index contributed by atoms with van der Waals surface area (Å²) in [6.45, 7) is 16.6. The average molecular weight is 315 g/mol. The molecule has 20 heavy (non-hydrogen) atoms. The summed E-state index contributed by atoms with van der Waals surface area (Å²) in [5.41, 5.74) is 1.44. The molecule has 0 atom stereocenters. The zero-order chi connectivity index (χ0) is 15.3. The molecule has 1 aromatic heterocycles. The van der Waals surface area contributed by atoms with Gasteiger partial charge in [0.15, 0.2) is 0 Å².